The molecule has 0 heterocycles. The van der Waals surface area contributed by atoms with Crippen LogP contribution in [0.1, 0.15) is 33.1 Å². The number of aliphatic hydroxyl groups is 2. The molecule has 6 heteroatoms. The predicted molar refractivity (Wildman–Crippen MR) is 59.5 cm³/mol. The van der Waals surface area contributed by atoms with E-state index < -0.39 is 11.9 Å². The molecule has 6 nitrogen and oxygen atoms in total. The van der Waals surface area contributed by atoms with E-state index in [1.165, 1.54) is 0 Å². The van der Waals surface area contributed by atoms with Crippen molar-refractivity contribution in [2.45, 2.75) is 45.3 Å². The summed E-state index contributed by atoms with van der Waals surface area (Å²) in [4.78, 5) is 18.0. The van der Waals surface area contributed by atoms with Crippen molar-refractivity contribution in [3.63, 3.8) is 0 Å². The van der Waals surface area contributed by atoms with Crippen molar-refractivity contribution in [3.05, 3.63) is 0 Å². The summed E-state index contributed by atoms with van der Waals surface area (Å²) in [6.45, 7) is 2.17. The molecule has 0 radical (unpaired) electrons. The molecule has 0 aliphatic heterocycles. The van der Waals surface area contributed by atoms with Crippen LogP contribution in [0.15, 0.2) is 0 Å². The smallest absolute Gasteiger partial charge is 0.300 e. The lowest BCUT2D eigenvalue weighted by Crippen LogP contribution is -2.24. The summed E-state index contributed by atoms with van der Waals surface area (Å²) in [5.74, 6) is -0.824. The summed E-state index contributed by atoms with van der Waals surface area (Å²) in [6.07, 6.45) is 2.54. The van der Waals surface area contributed by atoms with Crippen molar-refractivity contribution < 1.29 is 30.0 Å². The number of carboxylic acid groups (broad SMARTS) is 2. The van der Waals surface area contributed by atoms with E-state index in [4.69, 9.17) is 19.8 Å². The van der Waals surface area contributed by atoms with Gasteiger partial charge in [0.05, 0.1) is 12.2 Å². The van der Waals surface area contributed by atoms with Gasteiger partial charge in [-0.3, -0.25) is 9.59 Å². The van der Waals surface area contributed by atoms with Crippen LogP contribution in [0.3, 0.4) is 0 Å². The number of rotatable bonds is 0. The Morgan fingerprint density at radius 2 is 1.06 bits per heavy atom. The summed E-state index contributed by atoms with van der Waals surface area (Å²) in [5, 5.41) is 33.3. The second-order valence-electron chi connectivity index (χ2n) is 4.40. The Morgan fingerprint density at radius 1 is 0.824 bits per heavy atom. The van der Waals surface area contributed by atoms with Crippen LogP contribution in [0, 0.1) is 11.8 Å². The predicted octanol–water partition coefficient (Wildman–Crippen LogP) is 0.320. The Balaban J connectivity index is 0.000000274. The Bertz CT molecular complexity index is 227. The minimum Gasteiger partial charge on any atom is -0.481 e. The molecular weight excluding hydrogens is 228 g/mol. The van der Waals surface area contributed by atoms with E-state index in [9.17, 15) is 10.2 Å². The first kappa shape index (κ1) is 15.9. The van der Waals surface area contributed by atoms with E-state index in [2.05, 4.69) is 0 Å². The molecule has 100 valence electrons. The molecule has 4 atom stereocenters. The second kappa shape index (κ2) is 7.24. The van der Waals surface area contributed by atoms with Gasteiger partial charge in [-0.15, -0.1) is 0 Å². The van der Waals surface area contributed by atoms with Crippen LogP contribution < -0.4 is 0 Å². The number of carbonyl (C=O) groups is 2. The average Bonchev–Trinajstić information content (AvgIpc) is 2.60. The Kier molecular flexibility index (Phi) is 6.75. The van der Waals surface area contributed by atoms with Gasteiger partial charge >= 0.3 is 0 Å². The molecule has 2 aliphatic rings. The van der Waals surface area contributed by atoms with Gasteiger partial charge in [0, 0.05) is 13.8 Å². The zero-order chi connectivity index (χ0) is 13.6. The highest BCUT2D eigenvalue weighted by Crippen LogP contribution is 2.44. The van der Waals surface area contributed by atoms with E-state index in [-0.39, 0.29) is 12.2 Å². The molecule has 2 fully saturated rings. The van der Waals surface area contributed by atoms with E-state index in [0.29, 0.717) is 11.8 Å². The fourth-order valence-electron chi connectivity index (χ4n) is 2.21. The minimum atomic E-state index is -0.833. The van der Waals surface area contributed by atoms with Crippen LogP contribution in [-0.2, 0) is 9.59 Å². The van der Waals surface area contributed by atoms with E-state index in [1.54, 1.807) is 0 Å². The minimum absolute atomic E-state index is 0.0987. The number of hydrogen-bond donors (Lipinski definition) is 4. The van der Waals surface area contributed by atoms with Crippen LogP contribution >= 0.6 is 0 Å². The first-order valence-electron chi connectivity index (χ1n) is 5.49. The number of hydrogen-bond acceptors (Lipinski definition) is 4. The largest absolute Gasteiger partial charge is 0.481 e. The summed E-state index contributed by atoms with van der Waals surface area (Å²) < 4.78 is 0. The molecule has 2 saturated carbocycles. The Labute approximate surface area is 99.9 Å². The SMILES string of the molecule is CC(=O)O.CC(=O)O.OC1CC2CC1CC2O. The fourth-order valence-corrected chi connectivity index (χ4v) is 2.21. The fraction of sp³-hybridized carbons (Fsp3) is 0.818. The van der Waals surface area contributed by atoms with Gasteiger partial charge in [-0.2, -0.15) is 0 Å². The molecule has 2 bridgehead atoms. The van der Waals surface area contributed by atoms with E-state index in [1.807, 2.05) is 0 Å². The molecule has 0 amide bonds. The summed E-state index contributed by atoms with van der Waals surface area (Å²) in [7, 11) is 0. The molecule has 0 aromatic carbocycles. The van der Waals surface area contributed by atoms with Gasteiger partial charge in [-0.05, 0) is 31.1 Å². The lowest BCUT2D eigenvalue weighted by atomic mass is 9.95. The van der Waals surface area contributed by atoms with Crippen LogP contribution in [0.25, 0.3) is 0 Å². The van der Waals surface area contributed by atoms with Crippen molar-refractivity contribution >= 4 is 11.9 Å². The molecule has 4 unspecified atom stereocenters. The molecule has 0 aromatic heterocycles. The summed E-state index contributed by atoms with van der Waals surface area (Å²) in [6, 6.07) is 0. The molecule has 2 aliphatic carbocycles. The van der Waals surface area contributed by atoms with Gasteiger partial charge in [-0.25, -0.2) is 0 Å². The van der Waals surface area contributed by atoms with Crippen molar-refractivity contribution in [3.8, 4) is 0 Å². The maximum atomic E-state index is 9.23. The van der Waals surface area contributed by atoms with Gasteiger partial charge in [0.1, 0.15) is 0 Å². The maximum absolute atomic E-state index is 9.23. The van der Waals surface area contributed by atoms with Crippen molar-refractivity contribution in [2.24, 2.45) is 11.8 Å². The molecule has 0 saturated heterocycles. The van der Waals surface area contributed by atoms with Crippen LogP contribution in [0.5, 0.6) is 0 Å². The van der Waals surface area contributed by atoms with Crippen LogP contribution in [-0.4, -0.2) is 44.6 Å². The molecule has 17 heavy (non-hydrogen) atoms. The quantitative estimate of drug-likeness (QED) is 0.490. The Morgan fingerprint density at radius 3 is 1.18 bits per heavy atom. The highest BCUT2D eigenvalue weighted by Gasteiger charge is 2.44. The number of fused-ring (bicyclic) bond motifs is 2. The molecule has 0 aromatic rings. The molecular formula is C11H20O6. The molecule has 0 spiro atoms. The zero-order valence-corrected chi connectivity index (χ0v) is 10.0. The van der Waals surface area contributed by atoms with Gasteiger partial charge in [0.2, 0.25) is 0 Å². The van der Waals surface area contributed by atoms with Gasteiger partial charge in [-0.1, -0.05) is 0 Å². The van der Waals surface area contributed by atoms with Crippen molar-refractivity contribution in [1.82, 2.24) is 0 Å². The normalized spacial score (nSPS) is 32.9. The maximum Gasteiger partial charge on any atom is 0.300 e. The van der Waals surface area contributed by atoms with Crippen molar-refractivity contribution in [1.29, 1.82) is 0 Å². The van der Waals surface area contributed by atoms with Gasteiger partial charge in [0.15, 0.2) is 0 Å². The summed E-state index contributed by atoms with van der Waals surface area (Å²) in [5.41, 5.74) is 0. The highest BCUT2D eigenvalue weighted by atomic mass is 16.4. The number of aliphatic hydroxyl groups excluding tert-OH is 2. The molecule has 2 rings (SSSR count). The highest BCUT2D eigenvalue weighted by molar-refractivity contribution is 5.63. The third-order valence-electron chi connectivity index (χ3n) is 2.78. The van der Waals surface area contributed by atoms with Gasteiger partial charge in [0.25, 0.3) is 11.9 Å². The third kappa shape index (κ3) is 6.91. The van der Waals surface area contributed by atoms with E-state index in [0.717, 1.165) is 33.1 Å². The third-order valence-corrected chi connectivity index (χ3v) is 2.78. The first-order chi connectivity index (χ1) is 7.73. The zero-order valence-electron chi connectivity index (χ0n) is 10.0. The lowest BCUT2D eigenvalue weighted by molar-refractivity contribution is -0.135. The standard InChI is InChI=1S/C7H12O2.2C2H4O2/c8-6-2-4-1-5(6)3-7(4)9;2*1-2(3)4/h4-9H,1-3H2;2*1H3,(H,3,4). The topological polar surface area (TPSA) is 115 Å². The van der Waals surface area contributed by atoms with Gasteiger partial charge < -0.3 is 20.4 Å². The number of aliphatic carboxylic acids is 2. The molecule has 4 N–H and O–H groups in total. The summed E-state index contributed by atoms with van der Waals surface area (Å²) >= 11 is 0. The lowest BCUT2D eigenvalue weighted by Gasteiger charge is -2.19. The van der Waals surface area contributed by atoms with E-state index >= 15 is 0 Å². The average molecular weight is 248 g/mol. The monoisotopic (exact) mass is 248 g/mol. The first-order valence-corrected chi connectivity index (χ1v) is 5.49. The van der Waals surface area contributed by atoms with Crippen molar-refractivity contribution in [2.75, 3.05) is 0 Å². The second-order valence-corrected chi connectivity index (χ2v) is 4.40. The van der Waals surface area contributed by atoms with Crippen LogP contribution in [0.2, 0.25) is 0 Å². The van der Waals surface area contributed by atoms with Crippen LogP contribution in [0.4, 0.5) is 0 Å². The number of carboxylic acids is 2. The Hall–Kier alpha value is -1.14.